The molecule has 5 heteroatoms. The number of hydrogen-bond donors (Lipinski definition) is 2. The minimum Gasteiger partial charge on any atom is -0.398 e. The summed E-state index contributed by atoms with van der Waals surface area (Å²) in [6, 6.07) is 11.8. The van der Waals surface area contributed by atoms with Gasteiger partial charge in [0.25, 0.3) is 0 Å². The summed E-state index contributed by atoms with van der Waals surface area (Å²) in [7, 11) is 0. The second kappa shape index (κ2) is 5.30. The molecule has 0 saturated heterocycles. The monoisotopic (exact) mass is 282 g/mol. The second-order valence-electron chi connectivity index (χ2n) is 4.49. The fourth-order valence-corrected chi connectivity index (χ4v) is 2.72. The lowest BCUT2D eigenvalue weighted by Gasteiger charge is -2.05. The molecule has 0 aliphatic carbocycles. The third-order valence-electron chi connectivity index (χ3n) is 3.01. The third-order valence-corrected chi connectivity index (χ3v) is 3.92. The summed E-state index contributed by atoms with van der Waals surface area (Å²) in [5, 5.41) is 2.75. The van der Waals surface area contributed by atoms with E-state index in [2.05, 4.69) is 9.97 Å². The van der Waals surface area contributed by atoms with Gasteiger partial charge < -0.3 is 11.5 Å². The van der Waals surface area contributed by atoms with Crippen molar-refractivity contribution in [2.45, 2.75) is 6.42 Å². The smallest absolute Gasteiger partial charge is 0.135 e. The number of thiazole rings is 1. The normalized spacial score (nSPS) is 10.6. The molecule has 0 amide bonds. The summed E-state index contributed by atoms with van der Waals surface area (Å²) in [5.41, 5.74) is 15.5. The summed E-state index contributed by atoms with van der Waals surface area (Å²) >= 11 is 1.53. The molecule has 4 nitrogen and oxygen atoms in total. The Kier molecular flexibility index (Phi) is 3.35. The van der Waals surface area contributed by atoms with Crippen molar-refractivity contribution in [3.05, 3.63) is 59.2 Å². The number of nitrogens with zero attached hydrogens (tertiary/aromatic N) is 2. The van der Waals surface area contributed by atoms with Crippen LogP contribution in [0.5, 0.6) is 0 Å². The van der Waals surface area contributed by atoms with Crippen LogP contribution in [0.15, 0.2) is 48.0 Å². The summed E-state index contributed by atoms with van der Waals surface area (Å²) in [6.07, 6.45) is 2.50. The second-order valence-corrected chi connectivity index (χ2v) is 5.35. The van der Waals surface area contributed by atoms with Crippen LogP contribution in [0.25, 0.3) is 10.6 Å². The minimum absolute atomic E-state index is 0.552. The SMILES string of the molecule is Nc1csc(-c2ccnc(Cc3ccccc3N)c2)n1. The van der Waals surface area contributed by atoms with E-state index in [1.165, 1.54) is 11.3 Å². The maximum atomic E-state index is 5.97. The maximum Gasteiger partial charge on any atom is 0.135 e. The molecule has 0 radical (unpaired) electrons. The molecule has 0 aliphatic heterocycles. The molecule has 2 aromatic heterocycles. The van der Waals surface area contributed by atoms with Gasteiger partial charge in [0.2, 0.25) is 0 Å². The average Bonchev–Trinajstić information content (AvgIpc) is 2.89. The first-order chi connectivity index (χ1) is 9.72. The molecule has 2 heterocycles. The molecule has 1 aromatic carbocycles. The summed E-state index contributed by atoms with van der Waals surface area (Å²) in [4.78, 5) is 8.69. The van der Waals surface area contributed by atoms with Crippen molar-refractivity contribution in [3.63, 3.8) is 0 Å². The molecule has 100 valence electrons. The predicted octanol–water partition coefficient (Wildman–Crippen LogP) is 2.96. The Morgan fingerprint density at radius 1 is 1.10 bits per heavy atom. The predicted molar refractivity (Wildman–Crippen MR) is 83.4 cm³/mol. The number of aromatic nitrogens is 2. The van der Waals surface area contributed by atoms with E-state index in [4.69, 9.17) is 11.5 Å². The fraction of sp³-hybridized carbons (Fsp3) is 0.0667. The van der Waals surface area contributed by atoms with Gasteiger partial charge in [-0.25, -0.2) is 4.98 Å². The zero-order valence-corrected chi connectivity index (χ0v) is 11.6. The van der Waals surface area contributed by atoms with Crippen molar-refractivity contribution in [1.82, 2.24) is 9.97 Å². The number of para-hydroxylation sites is 1. The van der Waals surface area contributed by atoms with Gasteiger partial charge in [-0.3, -0.25) is 4.98 Å². The van der Waals surface area contributed by atoms with Gasteiger partial charge in [-0.2, -0.15) is 0 Å². The van der Waals surface area contributed by atoms with Gasteiger partial charge in [-0.1, -0.05) is 18.2 Å². The van der Waals surface area contributed by atoms with E-state index in [1.807, 2.05) is 41.8 Å². The number of nitrogens with two attached hydrogens (primary N) is 2. The fourth-order valence-electron chi connectivity index (χ4n) is 2.02. The van der Waals surface area contributed by atoms with Crippen LogP contribution in [-0.4, -0.2) is 9.97 Å². The van der Waals surface area contributed by atoms with Crippen LogP contribution in [0.1, 0.15) is 11.3 Å². The van der Waals surface area contributed by atoms with E-state index in [0.717, 1.165) is 27.5 Å². The number of anilines is 2. The largest absolute Gasteiger partial charge is 0.398 e. The van der Waals surface area contributed by atoms with Gasteiger partial charge in [-0.05, 0) is 23.8 Å². The van der Waals surface area contributed by atoms with Crippen LogP contribution in [0.3, 0.4) is 0 Å². The molecule has 3 rings (SSSR count). The van der Waals surface area contributed by atoms with E-state index < -0.39 is 0 Å². The van der Waals surface area contributed by atoms with Crippen LogP contribution in [0.2, 0.25) is 0 Å². The number of rotatable bonds is 3. The van der Waals surface area contributed by atoms with E-state index >= 15 is 0 Å². The number of benzene rings is 1. The Balaban J connectivity index is 1.90. The van der Waals surface area contributed by atoms with Crippen LogP contribution in [0.4, 0.5) is 11.5 Å². The Labute approximate surface area is 121 Å². The highest BCUT2D eigenvalue weighted by atomic mass is 32.1. The van der Waals surface area contributed by atoms with Crippen molar-refractivity contribution in [2.24, 2.45) is 0 Å². The third kappa shape index (κ3) is 2.62. The molecular formula is C15H14N4S. The lowest BCUT2D eigenvalue weighted by Crippen LogP contribution is -1.97. The van der Waals surface area contributed by atoms with Crippen LogP contribution >= 0.6 is 11.3 Å². The molecule has 4 N–H and O–H groups in total. The zero-order chi connectivity index (χ0) is 13.9. The molecule has 0 bridgehead atoms. The summed E-state index contributed by atoms with van der Waals surface area (Å²) in [5.74, 6) is 0.552. The summed E-state index contributed by atoms with van der Waals surface area (Å²) < 4.78 is 0. The summed E-state index contributed by atoms with van der Waals surface area (Å²) in [6.45, 7) is 0. The quantitative estimate of drug-likeness (QED) is 0.724. The van der Waals surface area contributed by atoms with Crippen LogP contribution < -0.4 is 11.5 Å². The van der Waals surface area contributed by atoms with Crippen molar-refractivity contribution in [3.8, 4) is 10.6 Å². The van der Waals surface area contributed by atoms with Crippen molar-refractivity contribution in [2.75, 3.05) is 11.5 Å². The van der Waals surface area contributed by atoms with Gasteiger partial charge in [0.1, 0.15) is 10.8 Å². The topological polar surface area (TPSA) is 77.8 Å². The molecule has 0 fully saturated rings. The Morgan fingerprint density at radius 3 is 2.70 bits per heavy atom. The Morgan fingerprint density at radius 2 is 1.95 bits per heavy atom. The van der Waals surface area contributed by atoms with Crippen LogP contribution in [-0.2, 0) is 6.42 Å². The van der Waals surface area contributed by atoms with E-state index in [0.29, 0.717) is 12.2 Å². The average molecular weight is 282 g/mol. The molecule has 0 saturated carbocycles. The molecule has 0 unspecified atom stereocenters. The molecule has 0 aliphatic rings. The first-order valence-corrected chi connectivity index (χ1v) is 7.10. The molecule has 0 atom stereocenters. The highest BCUT2D eigenvalue weighted by Gasteiger charge is 2.06. The molecule has 0 spiro atoms. The highest BCUT2D eigenvalue weighted by Crippen LogP contribution is 2.25. The van der Waals surface area contributed by atoms with Crippen molar-refractivity contribution >= 4 is 22.8 Å². The van der Waals surface area contributed by atoms with Crippen molar-refractivity contribution in [1.29, 1.82) is 0 Å². The zero-order valence-electron chi connectivity index (χ0n) is 10.8. The molecular weight excluding hydrogens is 268 g/mol. The number of pyridine rings is 1. The lowest BCUT2D eigenvalue weighted by atomic mass is 10.1. The van der Waals surface area contributed by atoms with E-state index in [-0.39, 0.29) is 0 Å². The maximum absolute atomic E-state index is 5.97. The first-order valence-electron chi connectivity index (χ1n) is 6.22. The van der Waals surface area contributed by atoms with Crippen molar-refractivity contribution < 1.29 is 0 Å². The number of hydrogen-bond acceptors (Lipinski definition) is 5. The lowest BCUT2D eigenvalue weighted by molar-refractivity contribution is 1.08. The standard InChI is InChI=1S/C15H14N4S/c16-13-4-2-1-3-10(13)7-12-8-11(5-6-18-12)15-19-14(17)9-20-15/h1-6,8-9H,7,16-17H2. The first kappa shape index (κ1) is 12.6. The van der Waals surface area contributed by atoms with E-state index in [1.54, 1.807) is 6.20 Å². The minimum atomic E-state index is 0.552. The van der Waals surface area contributed by atoms with Gasteiger partial charge >= 0.3 is 0 Å². The Bertz CT molecular complexity index is 736. The van der Waals surface area contributed by atoms with Gasteiger partial charge in [0, 0.05) is 34.9 Å². The van der Waals surface area contributed by atoms with Gasteiger partial charge in [0.15, 0.2) is 0 Å². The van der Waals surface area contributed by atoms with Gasteiger partial charge in [0.05, 0.1) is 0 Å². The molecule has 3 aromatic rings. The molecule has 20 heavy (non-hydrogen) atoms. The van der Waals surface area contributed by atoms with Crippen LogP contribution in [0, 0.1) is 0 Å². The Hall–Kier alpha value is -2.40. The highest BCUT2D eigenvalue weighted by molar-refractivity contribution is 7.13. The van der Waals surface area contributed by atoms with E-state index in [9.17, 15) is 0 Å². The number of nitrogen functional groups attached to an aromatic ring is 2. The van der Waals surface area contributed by atoms with Gasteiger partial charge in [-0.15, -0.1) is 11.3 Å².